The van der Waals surface area contributed by atoms with E-state index in [1.165, 1.54) is 12.8 Å². The molecule has 0 spiro atoms. The zero-order valence-corrected chi connectivity index (χ0v) is 12.1. The summed E-state index contributed by atoms with van der Waals surface area (Å²) in [6, 6.07) is 8.00. The van der Waals surface area contributed by atoms with Crippen LogP contribution in [0.5, 0.6) is 5.75 Å². The molecule has 0 amide bonds. The first-order chi connectivity index (χ1) is 9.74. The van der Waals surface area contributed by atoms with Crippen molar-refractivity contribution in [2.45, 2.75) is 39.2 Å². The van der Waals surface area contributed by atoms with Gasteiger partial charge in [-0.25, -0.2) is 4.98 Å². The topological polar surface area (TPSA) is 53.1 Å². The highest BCUT2D eigenvalue weighted by Crippen LogP contribution is 2.42. The first kappa shape index (κ1) is 13.0. The van der Waals surface area contributed by atoms with E-state index in [4.69, 9.17) is 15.5 Å². The van der Waals surface area contributed by atoms with Gasteiger partial charge in [-0.3, -0.25) is 0 Å². The van der Waals surface area contributed by atoms with E-state index in [0.717, 1.165) is 35.2 Å². The number of hydrogen-bond acceptors (Lipinski definition) is 3. The largest absolute Gasteiger partial charge is 0.494 e. The van der Waals surface area contributed by atoms with Crippen molar-refractivity contribution in [3.8, 4) is 17.0 Å². The van der Waals surface area contributed by atoms with Gasteiger partial charge < -0.3 is 15.0 Å². The number of hydrogen-bond donors (Lipinski definition) is 1. The summed E-state index contributed by atoms with van der Waals surface area (Å²) in [4.78, 5) is 4.79. The van der Waals surface area contributed by atoms with Crippen LogP contribution in [0.2, 0.25) is 0 Å². The molecule has 3 rings (SSSR count). The number of nitrogen functional groups attached to an aromatic ring is 1. The number of ether oxygens (including phenoxy) is 1. The molecule has 1 saturated carbocycles. The Kier molecular flexibility index (Phi) is 3.38. The van der Waals surface area contributed by atoms with Crippen molar-refractivity contribution in [3.63, 3.8) is 0 Å². The fraction of sp³-hybridized carbons (Fsp3) is 0.438. The molecule has 106 valence electrons. The van der Waals surface area contributed by atoms with Crippen molar-refractivity contribution in [2.75, 3.05) is 12.3 Å². The fourth-order valence-corrected chi connectivity index (χ4v) is 2.56. The van der Waals surface area contributed by atoms with Gasteiger partial charge >= 0.3 is 0 Å². The van der Waals surface area contributed by atoms with Gasteiger partial charge in [-0.05, 0) is 51.0 Å². The number of nitrogens with zero attached hydrogens (tertiary/aromatic N) is 2. The van der Waals surface area contributed by atoms with Gasteiger partial charge in [0.1, 0.15) is 23.1 Å². The molecule has 1 aromatic carbocycles. The predicted molar refractivity (Wildman–Crippen MR) is 80.9 cm³/mol. The molecule has 0 bridgehead atoms. The van der Waals surface area contributed by atoms with Crippen LogP contribution in [0, 0.1) is 0 Å². The minimum absolute atomic E-state index is 0.605. The highest BCUT2D eigenvalue weighted by atomic mass is 16.5. The van der Waals surface area contributed by atoms with Crippen molar-refractivity contribution in [2.24, 2.45) is 0 Å². The molecule has 1 fully saturated rings. The molecule has 4 heteroatoms. The third-order valence-corrected chi connectivity index (χ3v) is 3.73. The number of aromatic nitrogens is 2. The van der Waals surface area contributed by atoms with Crippen LogP contribution in [0.3, 0.4) is 0 Å². The highest BCUT2D eigenvalue weighted by Gasteiger charge is 2.30. The van der Waals surface area contributed by atoms with Crippen LogP contribution >= 0.6 is 0 Å². The van der Waals surface area contributed by atoms with Crippen molar-refractivity contribution in [3.05, 3.63) is 30.1 Å². The van der Waals surface area contributed by atoms with E-state index in [1.54, 1.807) is 0 Å². The normalized spacial score (nSPS) is 14.5. The Labute approximate surface area is 119 Å². The second kappa shape index (κ2) is 5.19. The van der Waals surface area contributed by atoms with Gasteiger partial charge in [-0.1, -0.05) is 0 Å². The molecule has 0 atom stereocenters. The van der Waals surface area contributed by atoms with Gasteiger partial charge in [0.05, 0.1) is 6.61 Å². The van der Waals surface area contributed by atoms with E-state index >= 15 is 0 Å². The van der Waals surface area contributed by atoms with Crippen LogP contribution < -0.4 is 10.5 Å². The average molecular weight is 271 g/mol. The molecule has 0 radical (unpaired) electrons. The smallest absolute Gasteiger partial charge is 0.131 e. The van der Waals surface area contributed by atoms with Crippen LogP contribution in [-0.4, -0.2) is 16.2 Å². The zero-order valence-electron chi connectivity index (χ0n) is 12.1. The number of anilines is 1. The lowest BCUT2D eigenvalue weighted by molar-refractivity contribution is 0.340. The molecule has 1 heterocycles. The minimum atomic E-state index is 0.605. The number of nitrogens with two attached hydrogens (primary N) is 1. The van der Waals surface area contributed by atoms with Gasteiger partial charge in [-0.15, -0.1) is 0 Å². The van der Waals surface area contributed by atoms with Crippen molar-refractivity contribution in [1.29, 1.82) is 0 Å². The molecular formula is C16H21N3O. The van der Waals surface area contributed by atoms with E-state index in [2.05, 4.69) is 11.5 Å². The van der Waals surface area contributed by atoms with Gasteiger partial charge in [0.25, 0.3) is 0 Å². The number of benzene rings is 1. The summed E-state index contributed by atoms with van der Waals surface area (Å²) in [7, 11) is 0. The lowest BCUT2D eigenvalue weighted by Gasteiger charge is -2.06. The number of imidazole rings is 1. The molecule has 2 N–H and O–H groups in total. The van der Waals surface area contributed by atoms with E-state index in [9.17, 15) is 0 Å². The third-order valence-electron chi connectivity index (χ3n) is 3.73. The lowest BCUT2D eigenvalue weighted by atomic mass is 10.1. The molecule has 1 aromatic heterocycles. The second-order valence-electron chi connectivity index (χ2n) is 5.18. The quantitative estimate of drug-likeness (QED) is 0.906. The summed E-state index contributed by atoms with van der Waals surface area (Å²) in [6.45, 7) is 5.65. The van der Waals surface area contributed by atoms with Crippen LogP contribution in [0.4, 0.5) is 5.82 Å². The van der Waals surface area contributed by atoms with Crippen molar-refractivity contribution in [1.82, 2.24) is 9.55 Å². The first-order valence-corrected chi connectivity index (χ1v) is 7.33. The molecule has 20 heavy (non-hydrogen) atoms. The minimum Gasteiger partial charge on any atom is -0.494 e. The Hall–Kier alpha value is -1.97. The van der Waals surface area contributed by atoms with Crippen molar-refractivity contribution < 1.29 is 4.74 Å². The maximum absolute atomic E-state index is 6.28. The van der Waals surface area contributed by atoms with Crippen LogP contribution in [0.1, 0.15) is 38.4 Å². The molecule has 0 unspecified atom stereocenters. The Balaban J connectivity index is 1.96. The summed E-state index contributed by atoms with van der Waals surface area (Å²) >= 11 is 0. The maximum atomic E-state index is 6.28. The Morgan fingerprint density at radius 1 is 1.25 bits per heavy atom. The predicted octanol–water partition coefficient (Wildman–Crippen LogP) is 3.43. The molecule has 2 aromatic rings. The van der Waals surface area contributed by atoms with E-state index in [0.29, 0.717) is 12.5 Å². The van der Waals surface area contributed by atoms with Gasteiger partial charge in [0.2, 0.25) is 0 Å². The van der Waals surface area contributed by atoms with E-state index in [-0.39, 0.29) is 0 Å². The SMILES string of the molecule is CCOc1ccc(-c2nc(C3CC3)n(CC)c2N)cc1. The standard InChI is InChI=1S/C16H21N3O/c1-3-19-15(17)14(18-16(19)12-5-6-12)11-7-9-13(10-8-11)20-4-2/h7-10,12H,3-6,17H2,1-2H3. The van der Waals surface area contributed by atoms with Gasteiger partial charge in [-0.2, -0.15) is 0 Å². The molecule has 1 aliphatic rings. The summed E-state index contributed by atoms with van der Waals surface area (Å²) in [6.07, 6.45) is 2.47. The molecule has 0 aliphatic heterocycles. The molecule has 0 saturated heterocycles. The Morgan fingerprint density at radius 2 is 1.95 bits per heavy atom. The zero-order chi connectivity index (χ0) is 14.1. The summed E-state index contributed by atoms with van der Waals surface area (Å²) < 4.78 is 7.61. The summed E-state index contributed by atoms with van der Waals surface area (Å²) in [5.74, 6) is 3.41. The summed E-state index contributed by atoms with van der Waals surface area (Å²) in [5, 5.41) is 0. The monoisotopic (exact) mass is 271 g/mol. The van der Waals surface area contributed by atoms with E-state index in [1.807, 2.05) is 31.2 Å². The summed E-state index contributed by atoms with van der Waals surface area (Å²) in [5.41, 5.74) is 8.23. The van der Waals surface area contributed by atoms with Crippen LogP contribution in [0.25, 0.3) is 11.3 Å². The van der Waals surface area contributed by atoms with Gasteiger partial charge in [0.15, 0.2) is 0 Å². The maximum Gasteiger partial charge on any atom is 0.131 e. The Bertz CT molecular complexity index is 597. The molecule has 4 nitrogen and oxygen atoms in total. The first-order valence-electron chi connectivity index (χ1n) is 7.33. The number of rotatable bonds is 5. The highest BCUT2D eigenvalue weighted by molar-refractivity contribution is 5.71. The van der Waals surface area contributed by atoms with Crippen LogP contribution in [-0.2, 0) is 6.54 Å². The fourth-order valence-electron chi connectivity index (χ4n) is 2.56. The van der Waals surface area contributed by atoms with Gasteiger partial charge in [0, 0.05) is 18.0 Å². The average Bonchev–Trinajstić information content (AvgIpc) is 3.24. The van der Waals surface area contributed by atoms with Crippen LogP contribution in [0.15, 0.2) is 24.3 Å². The van der Waals surface area contributed by atoms with E-state index < -0.39 is 0 Å². The molecular weight excluding hydrogens is 250 g/mol. The third kappa shape index (κ3) is 2.26. The van der Waals surface area contributed by atoms with Crippen molar-refractivity contribution >= 4 is 5.82 Å². The second-order valence-corrected chi connectivity index (χ2v) is 5.18. The lowest BCUT2D eigenvalue weighted by Crippen LogP contribution is -2.04. The molecule has 1 aliphatic carbocycles. The Morgan fingerprint density at radius 3 is 2.50 bits per heavy atom.